The third-order valence-corrected chi connectivity index (χ3v) is 12.2. The van der Waals surface area contributed by atoms with Crippen LogP contribution in [0.15, 0.2) is 73.1 Å². The van der Waals surface area contributed by atoms with Gasteiger partial charge in [-0.3, -0.25) is 9.78 Å². The van der Waals surface area contributed by atoms with Crippen molar-refractivity contribution in [3.63, 3.8) is 0 Å². The van der Waals surface area contributed by atoms with Crippen LogP contribution in [-0.2, 0) is 9.22 Å². The number of carbonyl (C=O) groups is 2. The van der Waals surface area contributed by atoms with Crippen molar-refractivity contribution in [2.75, 3.05) is 12.0 Å². The number of aromatic nitrogens is 1. The molecule has 3 rings (SSSR count). The monoisotopic (exact) mass is 550 g/mol. The molecule has 3 aromatic rings. The third-order valence-electron chi connectivity index (χ3n) is 7.12. The van der Waals surface area contributed by atoms with Gasteiger partial charge >= 0.3 is 5.97 Å². The van der Waals surface area contributed by atoms with Gasteiger partial charge in [0.25, 0.3) is 5.91 Å². The summed E-state index contributed by atoms with van der Waals surface area (Å²) < 4.78 is 6.94. The van der Waals surface area contributed by atoms with Gasteiger partial charge in [0, 0.05) is 18.0 Å². The highest BCUT2D eigenvalue weighted by atomic mass is 32.2. The molecule has 0 bridgehead atoms. The Hall–Kier alpha value is -2.94. The summed E-state index contributed by atoms with van der Waals surface area (Å²) in [5.74, 6) is -0.805. The quantitative estimate of drug-likeness (QED) is 0.255. The summed E-state index contributed by atoms with van der Waals surface area (Å²) in [4.78, 5) is 29.4. The van der Waals surface area contributed by atoms with Gasteiger partial charge in [0.2, 0.25) is 0 Å². The van der Waals surface area contributed by atoms with Crippen LogP contribution in [0.1, 0.15) is 54.8 Å². The number of rotatable bonds is 11. The van der Waals surface area contributed by atoms with E-state index in [1.165, 1.54) is 0 Å². The number of carbonyl (C=O) groups excluding carboxylic acids is 1. The van der Waals surface area contributed by atoms with Crippen molar-refractivity contribution in [2.24, 2.45) is 0 Å². The van der Waals surface area contributed by atoms with Crippen LogP contribution in [0, 0.1) is 0 Å². The molecule has 2 atom stereocenters. The highest BCUT2D eigenvalue weighted by Gasteiger charge is 2.40. The van der Waals surface area contributed by atoms with Crippen LogP contribution in [-0.4, -0.2) is 48.3 Å². The molecule has 2 aromatic carbocycles. The number of benzene rings is 2. The predicted molar refractivity (Wildman–Crippen MR) is 158 cm³/mol. The Morgan fingerprint density at radius 1 is 1.03 bits per heavy atom. The molecule has 0 saturated carbocycles. The fourth-order valence-electron chi connectivity index (χ4n) is 3.85. The van der Waals surface area contributed by atoms with E-state index in [-0.39, 0.29) is 11.1 Å². The SMILES string of the molecule is CSCC[C@H](NC(=O)c1ccc(C(O[Si](C)(C)C(C)(C)C)c2ccncc2)cc1-c1ccccc1)C(=O)O. The first kappa shape index (κ1) is 29.6. The number of amides is 1. The molecule has 1 heterocycles. The van der Waals surface area contributed by atoms with Crippen molar-refractivity contribution in [3.05, 3.63) is 89.7 Å². The van der Waals surface area contributed by atoms with Gasteiger partial charge in [0.1, 0.15) is 6.04 Å². The maximum absolute atomic E-state index is 13.4. The van der Waals surface area contributed by atoms with Crippen molar-refractivity contribution in [3.8, 4) is 11.1 Å². The van der Waals surface area contributed by atoms with Crippen molar-refractivity contribution < 1.29 is 19.1 Å². The van der Waals surface area contributed by atoms with Crippen LogP contribution in [0.4, 0.5) is 0 Å². The number of hydrogen-bond acceptors (Lipinski definition) is 5. The predicted octanol–water partition coefficient (Wildman–Crippen LogP) is 6.80. The summed E-state index contributed by atoms with van der Waals surface area (Å²) in [5, 5.41) is 12.4. The molecule has 0 aliphatic heterocycles. The van der Waals surface area contributed by atoms with Gasteiger partial charge < -0.3 is 14.8 Å². The van der Waals surface area contributed by atoms with Crippen molar-refractivity contribution in [1.29, 1.82) is 0 Å². The molecule has 1 amide bonds. The molecule has 202 valence electrons. The van der Waals surface area contributed by atoms with Gasteiger partial charge in [-0.15, -0.1) is 0 Å². The molecule has 0 aliphatic rings. The lowest BCUT2D eigenvalue weighted by atomic mass is 9.93. The molecule has 6 nitrogen and oxygen atoms in total. The second kappa shape index (κ2) is 12.7. The number of aliphatic carboxylic acids is 1. The lowest BCUT2D eigenvalue weighted by molar-refractivity contribution is -0.139. The second-order valence-corrected chi connectivity index (χ2v) is 16.6. The molecule has 8 heteroatoms. The zero-order valence-electron chi connectivity index (χ0n) is 23.0. The Balaban J connectivity index is 2.10. The lowest BCUT2D eigenvalue weighted by Crippen LogP contribution is -2.42. The van der Waals surface area contributed by atoms with E-state index in [2.05, 4.69) is 44.2 Å². The first-order valence-electron chi connectivity index (χ1n) is 12.7. The largest absolute Gasteiger partial charge is 0.480 e. The molecular formula is C30H38N2O4SSi. The number of hydrogen-bond donors (Lipinski definition) is 2. The van der Waals surface area contributed by atoms with Gasteiger partial charge in [-0.05, 0) is 83.1 Å². The van der Waals surface area contributed by atoms with Crippen LogP contribution < -0.4 is 5.32 Å². The Kier molecular flexibility index (Phi) is 9.92. The smallest absolute Gasteiger partial charge is 0.326 e. The van der Waals surface area contributed by atoms with Gasteiger partial charge in [0.15, 0.2) is 8.32 Å². The van der Waals surface area contributed by atoms with E-state index in [0.717, 1.165) is 22.3 Å². The average molecular weight is 551 g/mol. The number of carboxylic acid groups (broad SMARTS) is 1. The summed E-state index contributed by atoms with van der Waals surface area (Å²) in [6, 6.07) is 18.3. The molecule has 0 aliphatic carbocycles. The Labute approximate surface area is 231 Å². The van der Waals surface area contributed by atoms with Crippen LogP contribution in [0.2, 0.25) is 18.1 Å². The summed E-state index contributed by atoms with van der Waals surface area (Å²) in [7, 11) is -2.18. The van der Waals surface area contributed by atoms with E-state index in [4.69, 9.17) is 4.43 Å². The molecule has 0 radical (unpaired) electrons. The molecule has 0 fully saturated rings. The van der Waals surface area contributed by atoms with E-state index in [0.29, 0.717) is 17.7 Å². The number of thioether (sulfide) groups is 1. The van der Waals surface area contributed by atoms with E-state index < -0.39 is 26.2 Å². The minimum atomic E-state index is -2.18. The van der Waals surface area contributed by atoms with E-state index >= 15 is 0 Å². The van der Waals surface area contributed by atoms with Crippen molar-refractivity contribution >= 4 is 32.0 Å². The maximum Gasteiger partial charge on any atom is 0.326 e. The van der Waals surface area contributed by atoms with Crippen LogP contribution in [0.25, 0.3) is 11.1 Å². The Morgan fingerprint density at radius 2 is 1.68 bits per heavy atom. The summed E-state index contributed by atoms with van der Waals surface area (Å²) in [6.07, 6.45) is 5.45. The maximum atomic E-state index is 13.4. The Bertz CT molecular complexity index is 1230. The second-order valence-electron chi connectivity index (χ2n) is 10.9. The van der Waals surface area contributed by atoms with E-state index in [1.54, 1.807) is 30.2 Å². The highest BCUT2D eigenvalue weighted by Crippen LogP contribution is 2.42. The fraction of sp³-hybridized carbons (Fsp3) is 0.367. The summed E-state index contributed by atoms with van der Waals surface area (Å²) >= 11 is 1.55. The lowest BCUT2D eigenvalue weighted by Gasteiger charge is -2.39. The number of nitrogens with one attached hydrogen (secondary N) is 1. The van der Waals surface area contributed by atoms with Crippen molar-refractivity contribution in [1.82, 2.24) is 10.3 Å². The standard InChI is InChI=1S/C30H38N2O4SSi/c1-30(2,3)38(5,6)36-27(22-14-17-31-18-15-22)23-12-13-24(25(20-23)21-10-8-7-9-11-21)28(33)32-26(29(34)35)16-19-37-4/h7-15,17-18,20,26-27H,16,19H2,1-6H3,(H,32,33)(H,34,35)/t26-,27?/m0/s1. The molecular weight excluding hydrogens is 512 g/mol. The number of pyridine rings is 1. The molecule has 2 N–H and O–H groups in total. The van der Waals surface area contributed by atoms with Gasteiger partial charge in [-0.2, -0.15) is 11.8 Å². The first-order chi connectivity index (χ1) is 17.9. The topological polar surface area (TPSA) is 88.5 Å². The number of carboxylic acids is 1. The normalized spacial score (nSPS) is 13.5. The third kappa shape index (κ3) is 7.33. The minimum absolute atomic E-state index is 0.00296. The van der Waals surface area contributed by atoms with Crippen LogP contribution in [0.3, 0.4) is 0 Å². The van der Waals surface area contributed by atoms with Crippen molar-refractivity contribution in [2.45, 2.75) is 57.5 Å². The highest BCUT2D eigenvalue weighted by molar-refractivity contribution is 7.98. The van der Waals surface area contributed by atoms with E-state index in [1.807, 2.05) is 60.9 Å². The molecule has 38 heavy (non-hydrogen) atoms. The molecule has 1 aromatic heterocycles. The summed E-state index contributed by atoms with van der Waals surface area (Å²) in [6.45, 7) is 11.1. The Morgan fingerprint density at radius 3 is 2.26 bits per heavy atom. The van der Waals surface area contributed by atoms with Crippen LogP contribution in [0.5, 0.6) is 0 Å². The average Bonchev–Trinajstić information content (AvgIpc) is 2.89. The molecule has 0 spiro atoms. The zero-order valence-corrected chi connectivity index (χ0v) is 24.8. The fourth-order valence-corrected chi connectivity index (χ4v) is 5.53. The van der Waals surface area contributed by atoms with Gasteiger partial charge in [-0.1, -0.05) is 57.2 Å². The molecule has 0 saturated heterocycles. The molecule has 1 unspecified atom stereocenters. The summed E-state index contributed by atoms with van der Waals surface area (Å²) in [5.41, 5.74) is 3.94. The number of nitrogens with zero attached hydrogens (tertiary/aromatic N) is 1. The van der Waals surface area contributed by atoms with E-state index in [9.17, 15) is 14.7 Å². The van der Waals surface area contributed by atoms with Gasteiger partial charge in [0.05, 0.1) is 6.10 Å². The van der Waals surface area contributed by atoms with Crippen LogP contribution >= 0.6 is 11.8 Å². The minimum Gasteiger partial charge on any atom is -0.480 e. The van der Waals surface area contributed by atoms with Gasteiger partial charge in [-0.25, -0.2) is 4.79 Å². The zero-order chi connectivity index (χ0) is 27.9. The first-order valence-corrected chi connectivity index (χ1v) is 17.0.